The topological polar surface area (TPSA) is 87.7 Å². The summed E-state index contributed by atoms with van der Waals surface area (Å²) >= 11 is 11.9. The van der Waals surface area contributed by atoms with Crippen LogP contribution in [-0.4, -0.2) is 48.3 Å². The van der Waals surface area contributed by atoms with Crippen molar-refractivity contribution in [2.24, 2.45) is 5.92 Å². The molecule has 0 bridgehead atoms. The lowest BCUT2D eigenvalue weighted by Crippen LogP contribution is -2.52. The van der Waals surface area contributed by atoms with Crippen LogP contribution in [-0.2, 0) is 9.53 Å². The van der Waals surface area contributed by atoms with E-state index in [4.69, 9.17) is 27.9 Å². The second-order valence-corrected chi connectivity index (χ2v) is 9.08. The Bertz CT molecular complexity index is 720. The summed E-state index contributed by atoms with van der Waals surface area (Å²) in [5.41, 5.74) is 0.413. The fourth-order valence-electron chi connectivity index (χ4n) is 4.31. The summed E-state index contributed by atoms with van der Waals surface area (Å²) in [7, 11) is 0. The number of nitrogens with one attached hydrogen (secondary N) is 2. The molecule has 1 heterocycles. The van der Waals surface area contributed by atoms with E-state index in [0.717, 1.165) is 38.5 Å². The van der Waals surface area contributed by atoms with Gasteiger partial charge < -0.3 is 20.5 Å². The predicted octanol–water partition coefficient (Wildman–Crippen LogP) is 3.72. The normalized spacial score (nSPS) is 25.0. The zero-order valence-electron chi connectivity index (χ0n) is 17.0. The molecule has 1 aliphatic heterocycles. The molecule has 8 heteroatoms. The third-order valence-corrected chi connectivity index (χ3v) is 6.41. The van der Waals surface area contributed by atoms with Gasteiger partial charge in [0.25, 0.3) is 5.91 Å². The molecule has 6 nitrogen and oxygen atoms in total. The van der Waals surface area contributed by atoms with E-state index in [1.165, 1.54) is 6.42 Å². The molecule has 30 heavy (non-hydrogen) atoms. The standard InChI is InChI=1S/C22H30Cl2N2O4/c23-16-10-15(11-17(24)12-16)21(28)25-9-8-18-6-7-19(20(13-27)30-18)26-22(29)14-4-2-1-3-5-14/h10-12,14,18-20,27H,1-9,13H2,(H,25,28)(H,26,29)/t18-,19-,20-/m1/s1. The van der Waals surface area contributed by atoms with Crippen LogP contribution in [0.1, 0.15) is 61.7 Å². The number of rotatable bonds is 7. The summed E-state index contributed by atoms with van der Waals surface area (Å²) in [6.07, 6.45) is 6.98. The van der Waals surface area contributed by atoms with E-state index in [1.54, 1.807) is 18.2 Å². The van der Waals surface area contributed by atoms with Gasteiger partial charge in [0.05, 0.1) is 18.8 Å². The van der Waals surface area contributed by atoms with Crippen molar-refractivity contribution >= 4 is 35.0 Å². The zero-order chi connectivity index (χ0) is 21.5. The minimum absolute atomic E-state index is 0.0757. The van der Waals surface area contributed by atoms with Gasteiger partial charge in [0.2, 0.25) is 5.91 Å². The van der Waals surface area contributed by atoms with Gasteiger partial charge in [-0.2, -0.15) is 0 Å². The molecule has 3 rings (SSSR count). The van der Waals surface area contributed by atoms with Gasteiger partial charge in [0.1, 0.15) is 6.10 Å². The number of aliphatic hydroxyl groups excluding tert-OH is 1. The highest BCUT2D eigenvalue weighted by atomic mass is 35.5. The van der Waals surface area contributed by atoms with E-state index in [-0.39, 0.29) is 36.5 Å². The summed E-state index contributed by atoms with van der Waals surface area (Å²) in [5, 5.41) is 16.5. The molecule has 0 spiro atoms. The van der Waals surface area contributed by atoms with Crippen LogP contribution in [0.3, 0.4) is 0 Å². The van der Waals surface area contributed by atoms with Gasteiger partial charge in [-0.1, -0.05) is 42.5 Å². The van der Waals surface area contributed by atoms with Crippen LogP contribution in [0, 0.1) is 5.92 Å². The first-order valence-electron chi connectivity index (χ1n) is 10.8. The molecule has 0 radical (unpaired) electrons. The summed E-state index contributed by atoms with van der Waals surface area (Å²) < 4.78 is 6.00. The smallest absolute Gasteiger partial charge is 0.251 e. The molecule has 1 saturated heterocycles. The van der Waals surface area contributed by atoms with Crippen molar-refractivity contribution < 1.29 is 19.4 Å². The highest BCUT2D eigenvalue weighted by molar-refractivity contribution is 6.35. The first kappa shape index (κ1) is 23.3. The number of hydrogen-bond acceptors (Lipinski definition) is 4. The van der Waals surface area contributed by atoms with Crippen LogP contribution < -0.4 is 10.6 Å². The van der Waals surface area contributed by atoms with E-state index >= 15 is 0 Å². The summed E-state index contributed by atoms with van der Waals surface area (Å²) in [6, 6.07) is 4.56. The van der Waals surface area contributed by atoms with Gasteiger partial charge in [-0.05, 0) is 50.3 Å². The lowest BCUT2D eigenvalue weighted by Gasteiger charge is -2.37. The van der Waals surface area contributed by atoms with Gasteiger partial charge in [-0.25, -0.2) is 0 Å². The van der Waals surface area contributed by atoms with Crippen molar-refractivity contribution in [2.75, 3.05) is 13.2 Å². The van der Waals surface area contributed by atoms with Crippen molar-refractivity contribution in [1.82, 2.24) is 10.6 Å². The number of amides is 2. The van der Waals surface area contributed by atoms with Crippen molar-refractivity contribution in [3.8, 4) is 0 Å². The summed E-state index contributed by atoms with van der Waals surface area (Å²) in [5.74, 6) is -0.0646. The average molecular weight is 457 g/mol. The monoisotopic (exact) mass is 456 g/mol. The molecule has 1 aromatic rings. The van der Waals surface area contributed by atoms with Crippen molar-refractivity contribution in [3.63, 3.8) is 0 Å². The molecule has 2 amide bonds. The van der Waals surface area contributed by atoms with Crippen LogP contribution in [0.15, 0.2) is 18.2 Å². The highest BCUT2D eigenvalue weighted by Crippen LogP contribution is 2.26. The molecular formula is C22H30Cl2N2O4. The van der Waals surface area contributed by atoms with Crippen molar-refractivity contribution in [1.29, 1.82) is 0 Å². The molecule has 166 valence electrons. The van der Waals surface area contributed by atoms with E-state index in [1.807, 2.05) is 0 Å². The van der Waals surface area contributed by atoms with Crippen LogP contribution in [0.25, 0.3) is 0 Å². The number of hydrogen-bond donors (Lipinski definition) is 3. The zero-order valence-corrected chi connectivity index (χ0v) is 18.6. The SMILES string of the molecule is O=C(NCC[C@H]1CC[C@@H](NC(=O)C2CCCCC2)[C@@H](CO)O1)c1cc(Cl)cc(Cl)c1. The van der Waals surface area contributed by atoms with Gasteiger partial charge in [-0.3, -0.25) is 9.59 Å². The maximum Gasteiger partial charge on any atom is 0.251 e. The number of halogens is 2. The molecule has 1 aromatic carbocycles. The molecule has 0 aromatic heterocycles. The number of carbonyl (C=O) groups excluding carboxylic acids is 2. The highest BCUT2D eigenvalue weighted by Gasteiger charge is 2.33. The van der Waals surface area contributed by atoms with E-state index in [2.05, 4.69) is 10.6 Å². The lowest BCUT2D eigenvalue weighted by molar-refractivity contribution is -0.132. The third-order valence-electron chi connectivity index (χ3n) is 5.98. The van der Waals surface area contributed by atoms with Crippen LogP contribution in [0.2, 0.25) is 10.0 Å². The first-order chi connectivity index (χ1) is 14.5. The summed E-state index contributed by atoms with van der Waals surface area (Å²) in [6.45, 7) is 0.296. The van der Waals surface area contributed by atoms with Crippen LogP contribution in [0.5, 0.6) is 0 Å². The Hall–Kier alpha value is -1.34. The minimum Gasteiger partial charge on any atom is -0.394 e. The quantitative estimate of drug-likeness (QED) is 0.583. The minimum atomic E-state index is -0.418. The first-order valence-corrected chi connectivity index (χ1v) is 11.5. The van der Waals surface area contributed by atoms with Gasteiger partial charge >= 0.3 is 0 Å². The van der Waals surface area contributed by atoms with Gasteiger partial charge in [-0.15, -0.1) is 0 Å². The fourth-order valence-corrected chi connectivity index (χ4v) is 4.83. The Balaban J connectivity index is 1.43. The predicted molar refractivity (Wildman–Crippen MR) is 117 cm³/mol. The molecule has 1 saturated carbocycles. The van der Waals surface area contributed by atoms with Gasteiger partial charge in [0.15, 0.2) is 0 Å². The van der Waals surface area contributed by atoms with Crippen molar-refractivity contribution in [2.45, 2.75) is 69.6 Å². The lowest BCUT2D eigenvalue weighted by atomic mass is 9.88. The Morgan fingerprint density at radius 1 is 1.03 bits per heavy atom. The fraction of sp³-hybridized carbons (Fsp3) is 0.636. The molecule has 3 atom stereocenters. The Labute approximate surface area is 187 Å². The van der Waals surface area contributed by atoms with Crippen LogP contribution in [0.4, 0.5) is 0 Å². The maximum absolute atomic E-state index is 12.5. The molecule has 1 aliphatic carbocycles. The second kappa shape index (κ2) is 11.3. The third kappa shape index (κ3) is 6.58. The number of ether oxygens (including phenoxy) is 1. The second-order valence-electron chi connectivity index (χ2n) is 8.21. The Morgan fingerprint density at radius 2 is 1.73 bits per heavy atom. The van der Waals surface area contributed by atoms with E-state index in [0.29, 0.717) is 28.6 Å². The van der Waals surface area contributed by atoms with Crippen LogP contribution >= 0.6 is 23.2 Å². The van der Waals surface area contributed by atoms with E-state index < -0.39 is 6.10 Å². The Kier molecular flexibility index (Phi) is 8.81. The molecule has 2 fully saturated rings. The number of aliphatic hydroxyl groups is 1. The van der Waals surface area contributed by atoms with Gasteiger partial charge in [0, 0.05) is 28.1 Å². The molecule has 3 N–H and O–H groups in total. The Morgan fingerprint density at radius 3 is 2.40 bits per heavy atom. The molecular weight excluding hydrogens is 427 g/mol. The molecule has 0 unspecified atom stereocenters. The molecule has 2 aliphatic rings. The van der Waals surface area contributed by atoms with E-state index in [9.17, 15) is 14.7 Å². The number of benzene rings is 1. The average Bonchev–Trinajstić information content (AvgIpc) is 2.74. The summed E-state index contributed by atoms with van der Waals surface area (Å²) in [4.78, 5) is 24.8. The maximum atomic E-state index is 12.5. The number of carbonyl (C=O) groups is 2. The van der Waals surface area contributed by atoms with Crippen molar-refractivity contribution in [3.05, 3.63) is 33.8 Å². The largest absolute Gasteiger partial charge is 0.394 e.